The highest BCUT2D eigenvalue weighted by molar-refractivity contribution is 5.89. The lowest BCUT2D eigenvalue weighted by molar-refractivity contribution is -0.117. The molecule has 0 saturated heterocycles. The van der Waals surface area contributed by atoms with Crippen LogP contribution in [0.4, 0.5) is 0 Å². The number of aromatic nitrogens is 2. The van der Waals surface area contributed by atoms with Gasteiger partial charge in [0.05, 0.1) is 5.52 Å². The van der Waals surface area contributed by atoms with Gasteiger partial charge in [-0.05, 0) is 37.1 Å². The largest absolute Gasteiger partial charge is 0.365 e. The molecule has 2 heterocycles. The number of H-pyrrole nitrogens is 1. The number of amides is 1. The van der Waals surface area contributed by atoms with Crippen molar-refractivity contribution in [3.63, 3.8) is 0 Å². The Kier molecular flexibility index (Phi) is 4.51. The quantitative estimate of drug-likeness (QED) is 0.700. The Morgan fingerprint density at radius 1 is 1.26 bits per heavy atom. The third kappa shape index (κ3) is 3.31. The van der Waals surface area contributed by atoms with Gasteiger partial charge in [-0.15, -0.1) is 0 Å². The second-order valence-electron chi connectivity index (χ2n) is 6.05. The van der Waals surface area contributed by atoms with E-state index in [-0.39, 0.29) is 11.8 Å². The first-order valence-electron chi connectivity index (χ1n) is 8.19. The van der Waals surface area contributed by atoms with Gasteiger partial charge in [0.2, 0.25) is 5.91 Å². The molecule has 3 rings (SSSR count). The summed E-state index contributed by atoms with van der Waals surface area (Å²) in [7, 11) is 0. The summed E-state index contributed by atoms with van der Waals surface area (Å²) in [5, 5.41) is 1.17. The van der Waals surface area contributed by atoms with Gasteiger partial charge in [-0.2, -0.15) is 0 Å². The highest BCUT2D eigenvalue weighted by Crippen LogP contribution is 2.24. The standard InChI is InChI=1S/C19H23N3O/c1-3-7-15(17-9-6-11-20-17)12-19(23)21-22-13-14(2)16-8-4-5-10-18(16)22/h4-6,8-11,13,15,20H,3,7,12H2,1-2H3,(H,21,23). The van der Waals surface area contributed by atoms with E-state index in [1.165, 1.54) is 5.39 Å². The molecule has 1 aromatic carbocycles. The molecule has 1 unspecified atom stereocenters. The van der Waals surface area contributed by atoms with Gasteiger partial charge in [-0.25, -0.2) is 0 Å². The van der Waals surface area contributed by atoms with Gasteiger partial charge in [0.15, 0.2) is 0 Å². The molecule has 0 fully saturated rings. The van der Waals surface area contributed by atoms with Crippen LogP contribution in [-0.2, 0) is 4.79 Å². The first-order chi connectivity index (χ1) is 11.2. The molecule has 1 atom stereocenters. The number of benzene rings is 1. The highest BCUT2D eigenvalue weighted by atomic mass is 16.2. The molecule has 0 saturated carbocycles. The van der Waals surface area contributed by atoms with Gasteiger partial charge in [0, 0.05) is 35.8 Å². The molecule has 0 aliphatic rings. The summed E-state index contributed by atoms with van der Waals surface area (Å²) in [6, 6.07) is 12.2. The van der Waals surface area contributed by atoms with E-state index in [0.717, 1.165) is 29.6 Å². The Balaban J connectivity index is 1.75. The normalized spacial score (nSPS) is 12.4. The molecule has 2 aromatic heterocycles. The molecule has 0 aliphatic carbocycles. The van der Waals surface area contributed by atoms with Gasteiger partial charge < -0.3 is 4.98 Å². The summed E-state index contributed by atoms with van der Waals surface area (Å²) in [5.74, 6) is 0.275. The zero-order valence-corrected chi connectivity index (χ0v) is 13.7. The Bertz CT molecular complexity index is 786. The van der Waals surface area contributed by atoms with Gasteiger partial charge in [0.1, 0.15) is 0 Å². The molecule has 4 heteroatoms. The third-order valence-electron chi connectivity index (χ3n) is 4.29. The minimum absolute atomic E-state index is 0.0406. The number of rotatable bonds is 6. The zero-order chi connectivity index (χ0) is 16.2. The van der Waals surface area contributed by atoms with Gasteiger partial charge in [-0.1, -0.05) is 31.5 Å². The number of hydrogen-bond acceptors (Lipinski definition) is 1. The number of fused-ring (bicyclic) bond motifs is 1. The van der Waals surface area contributed by atoms with Crippen LogP contribution in [0.5, 0.6) is 0 Å². The Morgan fingerprint density at radius 2 is 2.09 bits per heavy atom. The molecule has 1 amide bonds. The van der Waals surface area contributed by atoms with E-state index in [4.69, 9.17) is 0 Å². The lowest BCUT2D eigenvalue weighted by Crippen LogP contribution is -2.24. The van der Waals surface area contributed by atoms with Crippen molar-refractivity contribution in [2.24, 2.45) is 0 Å². The van der Waals surface area contributed by atoms with E-state index in [9.17, 15) is 4.79 Å². The van der Waals surface area contributed by atoms with Crippen LogP contribution in [0, 0.1) is 6.92 Å². The third-order valence-corrected chi connectivity index (χ3v) is 4.29. The minimum atomic E-state index is 0.0406. The number of para-hydroxylation sites is 1. The van der Waals surface area contributed by atoms with Crippen LogP contribution < -0.4 is 5.43 Å². The van der Waals surface area contributed by atoms with E-state index in [2.05, 4.69) is 36.4 Å². The maximum atomic E-state index is 12.5. The number of nitrogens with one attached hydrogen (secondary N) is 2. The fraction of sp³-hybridized carbons (Fsp3) is 0.316. The molecule has 2 N–H and O–H groups in total. The summed E-state index contributed by atoms with van der Waals surface area (Å²) < 4.78 is 1.84. The predicted molar refractivity (Wildman–Crippen MR) is 94.1 cm³/mol. The van der Waals surface area contributed by atoms with Crippen LogP contribution in [0.15, 0.2) is 48.8 Å². The SMILES string of the molecule is CCCC(CC(=O)Nn1cc(C)c2ccccc21)c1ccc[nH]1. The Morgan fingerprint density at radius 3 is 2.83 bits per heavy atom. The maximum absolute atomic E-state index is 12.5. The predicted octanol–water partition coefficient (Wildman–Crippen LogP) is 4.32. The molecular weight excluding hydrogens is 286 g/mol. The second-order valence-corrected chi connectivity index (χ2v) is 6.05. The summed E-state index contributed by atoms with van der Waals surface area (Å²) in [4.78, 5) is 15.7. The fourth-order valence-electron chi connectivity index (χ4n) is 3.16. The van der Waals surface area contributed by atoms with Crippen LogP contribution in [0.2, 0.25) is 0 Å². The number of carbonyl (C=O) groups is 1. The monoisotopic (exact) mass is 309 g/mol. The molecule has 0 bridgehead atoms. The van der Waals surface area contributed by atoms with E-state index in [1.807, 2.05) is 41.3 Å². The van der Waals surface area contributed by atoms with Crippen molar-refractivity contribution in [1.82, 2.24) is 9.66 Å². The van der Waals surface area contributed by atoms with E-state index in [1.54, 1.807) is 0 Å². The Hall–Kier alpha value is -2.49. The molecular formula is C19H23N3O. The number of aryl methyl sites for hydroxylation is 1. The fourth-order valence-corrected chi connectivity index (χ4v) is 3.16. The number of carbonyl (C=O) groups excluding carboxylic acids is 1. The van der Waals surface area contributed by atoms with Crippen molar-refractivity contribution < 1.29 is 4.79 Å². The van der Waals surface area contributed by atoms with Crippen LogP contribution in [0.1, 0.15) is 43.4 Å². The summed E-state index contributed by atoms with van der Waals surface area (Å²) in [5.41, 5.74) is 6.35. The molecule has 23 heavy (non-hydrogen) atoms. The molecule has 0 aliphatic heterocycles. The lowest BCUT2D eigenvalue weighted by atomic mass is 9.96. The van der Waals surface area contributed by atoms with Crippen LogP contribution in [-0.4, -0.2) is 15.6 Å². The lowest BCUT2D eigenvalue weighted by Gasteiger charge is -2.15. The van der Waals surface area contributed by atoms with Crippen molar-refractivity contribution in [3.8, 4) is 0 Å². The van der Waals surface area contributed by atoms with E-state index < -0.39 is 0 Å². The van der Waals surface area contributed by atoms with Gasteiger partial charge in [0.25, 0.3) is 0 Å². The molecule has 3 aromatic rings. The topological polar surface area (TPSA) is 49.8 Å². The van der Waals surface area contributed by atoms with Crippen LogP contribution in [0.3, 0.4) is 0 Å². The summed E-state index contributed by atoms with van der Waals surface area (Å²) in [6.07, 6.45) is 6.44. The first-order valence-corrected chi connectivity index (χ1v) is 8.19. The van der Waals surface area contributed by atoms with Crippen molar-refractivity contribution in [2.45, 2.75) is 39.0 Å². The smallest absolute Gasteiger partial charge is 0.239 e. The molecule has 0 spiro atoms. The summed E-state index contributed by atoms with van der Waals surface area (Å²) in [6.45, 7) is 4.21. The van der Waals surface area contributed by atoms with Crippen molar-refractivity contribution in [1.29, 1.82) is 0 Å². The average molecular weight is 309 g/mol. The van der Waals surface area contributed by atoms with Crippen LogP contribution in [0.25, 0.3) is 10.9 Å². The van der Waals surface area contributed by atoms with Gasteiger partial charge in [-0.3, -0.25) is 14.9 Å². The summed E-state index contributed by atoms with van der Waals surface area (Å²) >= 11 is 0. The Labute approximate surface area is 136 Å². The number of hydrogen-bond donors (Lipinski definition) is 2. The maximum Gasteiger partial charge on any atom is 0.239 e. The number of nitrogens with zero attached hydrogens (tertiary/aromatic N) is 1. The van der Waals surface area contributed by atoms with Crippen LogP contribution >= 0.6 is 0 Å². The van der Waals surface area contributed by atoms with Crippen molar-refractivity contribution in [2.75, 3.05) is 5.43 Å². The zero-order valence-electron chi connectivity index (χ0n) is 13.7. The van der Waals surface area contributed by atoms with E-state index >= 15 is 0 Å². The molecule has 120 valence electrons. The molecule has 0 radical (unpaired) electrons. The second kappa shape index (κ2) is 6.73. The first kappa shape index (κ1) is 15.4. The highest BCUT2D eigenvalue weighted by Gasteiger charge is 2.17. The van der Waals surface area contributed by atoms with Gasteiger partial charge >= 0.3 is 0 Å². The minimum Gasteiger partial charge on any atom is -0.365 e. The average Bonchev–Trinajstić information content (AvgIpc) is 3.17. The van der Waals surface area contributed by atoms with Crippen molar-refractivity contribution in [3.05, 3.63) is 60.0 Å². The molecule has 4 nitrogen and oxygen atoms in total. The van der Waals surface area contributed by atoms with E-state index in [0.29, 0.717) is 6.42 Å². The number of aromatic amines is 1. The van der Waals surface area contributed by atoms with Crippen molar-refractivity contribution >= 4 is 16.8 Å².